The summed E-state index contributed by atoms with van der Waals surface area (Å²) in [6, 6.07) is 9.11. The number of aryl methyl sites for hydroxylation is 3. The lowest BCUT2D eigenvalue weighted by molar-refractivity contribution is 0.0775. The Kier molecular flexibility index (Phi) is 5.20. The molecule has 9 nitrogen and oxygen atoms in total. The molecule has 1 unspecified atom stereocenters. The molecule has 4 rings (SSSR count). The van der Waals surface area contributed by atoms with E-state index in [9.17, 15) is 4.79 Å². The van der Waals surface area contributed by atoms with Crippen molar-refractivity contribution in [2.24, 2.45) is 5.92 Å². The Morgan fingerprint density at radius 1 is 1.07 bits per heavy atom. The van der Waals surface area contributed by atoms with Gasteiger partial charge in [-0.05, 0) is 51.5 Å². The van der Waals surface area contributed by atoms with Gasteiger partial charge in [0.25, 0.3) is 5.91 Å². The van der Waals surface area contributed by atoms with Gasteiger partial charge in [0.15, 0.2) is 11.5 Å². The van der Waals surface area contributed by atoms with Gasteiger partial charge in [-0.3, -0.25) is 4.79 Å². The molecule has 0 spiro atoms. The van der Waals surface area contributed by atoms with E-state index >= 15 is 0 Å². The number of likely N-dealkylation sites (tertiary alicyclic amines) is 1. The van der Waals surface area contributed by atoms with Crippen LogP contribution >= 0.6 is 0 Å². The van der Waals surface area contributed by atoms with Crippen LogP contribution in [-0.2, 0) is 0 Å². The average Bonchev–Trinajstić information content (AvgIpc) is 3.33. The Labute approximate surface area is 168 Å². The molecule has 9 heteroatoms. The van der Waals surface area contributed by atoms with Crippen LogP contribution in [0.3, 0.4) is 0 Å². The molecule has 3 aromatic heterocycles. The Hall–Kier alpha value is -3.36. The summed E-state index contributed by atoms with van der Waals surface area (Å²) in [6.45, 7) is 7.56. The third kappa shape index (κ3) is 4.23. The van der Waals surface area contributed by atoms with Crippen molar-refractivity contribution in [3.8, 4) is 11.7 Å². The summed E-state index contributed by atoms with van der Waals surface area (Å²) < 4.78 is 7.42. The number of aromatic nitrogens is 6. The number of carbonyl (C=O) groups excluding carboxylic acids is 1. The predicted molar refractivity (Wildman–Crippen MR) is 105 cm³/mol. The fourth-order valence-corrected chi connectivity index (χ4v) is 3.40. The van der Waals surface area contributed by atoms with Crippen LogP contribution in [0.25, 0.3) is 5.82 Å². The van der Waals surface area contributed by atoms with Crippen LogP contribution in [0.4, 0.5) is 0 Å². The fraction of sp³-hybridized carbons (Fsp3) is 0.400. The van der Waals surface area contributed by atoms with E-state index in [-0.39, 0.29) is 11.8 Å². The van der Waals surface area contributed by atoms with Crippen molar-refractivity contribution in [2.45, 2.75) is 27.2 Å². The zero-order valence-corrected chi connectivity index (χ0v) is 16.7. The fourth-order valence-electron chi connectivity index (χ4n) is 3.40. The number of nitrogens with zero attached hydrogens (tertiary/aromatic N) is 7. The first kappa shape index (κ1) is 19.0. The van der Waals surface area contributed by atoms with Crippen LogP contribution in [0.1, 0.15) is 34.0 Å². The van der Waals surface area contributed by atoms with Gasteiger partial charge in [-0.1, -0.05) is 0 Å². The van der Waals surface area contributed by atoms with Crippen molar-refractivity contribution in [1.29, 1.82) is 0 Å². The molecule has 0 radical (unpaired) electrons. The lowest BCUT2D eigenvalue weighted by Gasteiger charge is -2.16. The first-order valence-corrected chi connectivity index (χ1v) is 9.59. The van der Waals surface area contributed by atoms with E-state index in [2.05, 4.69) is 25.5 Å². The highest BCUT2D eigenvalue weighted by atomic mass is 16.5. The zero-order chi connectivity index (χ0) is 20.4. The van der Waals surface area contributed by atoms with E-state index in [0.29, 0.717) is 37.1 Å². The van der Waals surface area contributed by atoms with Crippen molar-refractivity contribution in [3.05, 3.63) is 53.1 Å². The summed E-state index contributed by atoms with van der Waals surface area (Å²) in [5.74, 6) is 1.24. The largest absolute Gasteiger partial charge is 0.476 e. The number of amides is 1. The second-order valence-corrected chi connectivity index (χ2v) is 7.35. The minimum Gasteiger partial charge on any atom is -0.476 e. The lowest BCUT2D eigenvalue weighted by Crippen LogP contribution is -2.30. The molecule has 0 saturated carbocycles. The van der Waals surface area contributed by atoms with Crippen LogP contribution in [-0.4, -0.2) is 60.7 Å². The van der Waals surface area contributed by atoms with E-state index in [1.807, 2.05) is 32.9 Å². The molecule has 0 aliphatic carbocycles. The predicted octanol–water partition coefficient (Wildman–Crippen LogP) is 1.92. The molecule has 150 valence electrons. The van der Waals surface area contributed by atoms with Crippen LogP contribution in [0.15, 0.2) is 30.3 Å². The number of rotatable bonds is 5. The molecule has 1 saturated heterocycles. The molecule has 3 aromatic rings. The van der Waals surface area contributed by atoms with Crippen molar-refractivity contribution in [2.75, 3.05) is 19.7 Å². The highest BCUT2D eigenvalue weighted by Gasteiger charge is 2.28. The molecule has 0 bridgehead atoms. The molecule has 4 heterocycles. The minimum atomic E-state index is -0.116. The topological polar surface area (TPSA) is 98.9 Å². The number of hydrogen-bond acceptors (Lipinski definition) is 7. The Morgan fingerprint density at radius 2 is 1.93 bits per heavy atom. The Morgan fingerprint density at radius 3 is 2.59 bits per heavy atom. The molecule has 1 atom stereocenters. The van der Waals surface area contributed by atoms with Gasteiger partial charge >= 0.3 is 0 Å². The van der Waals surface area contributed by atoms with Crippen LogP contribution in [0.2, 0.25) is 0 Å². The molecular weight excluding hydrogens is 370 g/mol. The zero-order valence-electron chi connectivity index (χ0n) is 16.7. The third-order valence-electron chi connectivity index (χ3n) is 4.91. The number of ether oxygens (including phenoxy) is 1. The van der Waals surface area contributed by atoms with Gasteiger partial charge in [0, 0.05) is 30.8 Å². The molecule has 0 aromatic carbocycles. The first-order chi connectivity index (χ1) is 14.0. The van der Waals surface area contributed by atoms with E-state index in [0.717, 1.165) is 23.5 Å². The minimum absolute atomic E-state index is 0.116. The molecule has 1 aliphatic heterocycles. The maximum absolute atomic E-state index is 12.8. The quantitative estimate of drug-likeness (QED) is 0.653. The first-order valence-electron chi connectivity index (χ1n) is 9.59. The summed E-state index contributed by atoms with van der Waals surface area (Å²) >= 11 is 0. The summed E-state index contributed by atoms with van der Waals surface area (Å²) in [5.41, 5.74) is 3.06. The molecule has 29 heavy (non-hydrogen) atoms. The number of carbonyl (C=O) groups is 1. The molecule has 0 N–H and O–H groups in total. The van der Waals surface area contributed by atoms with Crippen molar-refractivity contribution < 1.29 is 9.53 Å². The second-order valence-electron chi connectivity index (χ2n) is 7.35. The van der Waals surface area contributed by atoms with Crippen molar-refractivity contribution in [3.63, 3.8) is 0 Å². The SMILES string of the molecule is Cc1ccc(OCC2CCN(C(=O)c3ccc(-n4nc(C)cc4C)nn3)C2)nn1. The van der Waals surface area contributed by atoms with Gasteiger partial charge in [-0.2, -0.15) is 10.2 Å². The van der Waals surface area contributed by atoms with E-state index in [1.54, 1.807) is 27.8 Å². The Bertz CT molecular complexity index is 999. The van der Waals surface area contributed by atoms with Crippen LogP contribution < -0.4 is 4.74 Å². The maximum Gasteiger partial charge on any atom is 0.274 e. The van der Waals surface area contributed by atoms with Gasteiger partial charge in [0.2, 0.25) is 5.88 Å². The van der Waals surface area contributed by atoms with Crippen LogP contribution in [0.5, 0.6) is 5.88 Å². The lowest BCUT2D eigenvalue weighted by atomic mass is 10.1. The Balaban J connectivity index is 1.35. The summed E-state index contributed by atoms with van der Waals surface area (Å²) in [5, 5.41) is 20.7. The van der Waals surface area contributed by atoms with E-state index in [1.165, 1.54) is 0 Å². The highest BCUT2D eigenvalue weighted by molar-refractivity contribution is 5.92. The normalized spacial score (nSPS) is 16.2. The van der Waals surface area contributed by atoms with Gasteiger partial charge in [-0.15, -0.1) is 15.3 Å². The highest BCUT2D eigenvalue weighted by Crippen LogP contribution is 2.19. The van der Waals surface area contributed by atoms with Gasteiger partial charge in [-0.25, -0.2) is 4.68 Å². The summed E-state index contributed by atoms with van der Waals surface area (Å²) in [6.07, 6.45) is 0.877. The average molecular weight is 393 g/mol. The van der Waals surface area contributed by atoms with Crippen molar-refractivity contribution >= 4 is 5.91 Å². The molecule has 1 amide bonds. The second kappa shape index (κ2) is 7.94. The van der Waals surface area contributed by atoms with Crippen LogP contribution in [0, 0.1) is 26.7 Å². The molecule has 1 fully saturated rings. The van der Waals surface area contributed by atoms with E-state index in [4.69, 9.17) is 4.74 Å². The summed E-state index contributed by atoms with van der Waals surface area (Å²) in [4.78, 5) is 14.6. The smallest absolute Gasteiger partial charge is 0.274 e. The standard InChI is InChI=1S/C20H23N7O2/c1-13-4-7-19(24-21-13)29-12-16-8-9-26(11-16)20(28)17-5-6-18(23-22-17)27-15(3)10-14(2)25-27/h4-7,10,16H,8-9,11-12H2,1-3H3. The molecular formula is C20H23N7O2. The van der Waals surface area contributed by atoms with Gasteiger partial charge < -0.3 is 9.64 Å². The maximum atomic E-state index is 12.8. The van der Waals surface area contributed by atoms with Gasteiger partial charge in [0.1, 0.15) is 0 Å². The summed E-state index contributed by atoms with van der Waals surface area (Å²) in [7, 11) is 0. The van der Waals surface area contributed by atoms with E-state index < -0.39 is 0 Å². The van der Waals surface area contributed by atoms with Gasteiger partial charge in [0.05, 0.1) is 18.0 Å². The number of hydrogen-bond donors (Lipinski definition) is 0. The monoisotopic (exact) mass is 393 g/mol. The van der Waals surface area contributed by atoms with Crippen molar-refractivity contribution in [1.82, 2.24) is 35.1 Å². The molecule has 1 aliphatic rings. The third-order valence-corrected chi connectivity index (χ3v) is 4.91.